The van der Waals surface area contributed by atoms with Crippen LogP contribution in [-0.4, -0.2) is 22.9 Å². The molecule has 0 saturated carbocycles. The fourth-order valence-electron chi connectivity index (χ4n) is 2.15. The second-order valence-corrected chi connectivity index (χ2v) is 4.40. The third kappa shape index (κ3) is 3.02. The quantitative estimate of drug-likeness (QED) is 0.774. The molecule has 0 fully saturated rings. The number of carbonyl (C=O) groups is 1. The van der Waals surface area contributed by atoms with E-state index >= 15 is 0 Å². The first kappa shape index (κ1) is 13.3. The van der Waals surface area contributed by atoms with Gasteiger partial charge in [-0.3, -0.25) is 4.68 Å². The van der Waals surface area contributed by atoms with Gasteiger partial charge < -0.3 is 4.74 Å². The van der Waals surface area contributed by atoms with E-state index in [1.807, 2.05) is 29.1 Å². The number of rotatable bonds is 5. The zero-order valence-corrected chi connectivity index (χ0v) is 11.2. The molecular weight excluding hydrogens is 240 g/mol. The maximum absolute atomic E-state index is 11.4. The number of benzene rings is 1. The van der Waals surface area contributed by atoms with E-state index in [-0.39, 0.29) is 12.0 Å². The Morgan fingerprint density at radius 3 is 2.63 bits per heavy atom. The molecule has 1 aromatic carbocycles. The van der Waals surface area contributed by atoms with Crippen LogP contribution >= 0.6 is 0 Å². The second kappa shape index (κ2) is 6.18. The molecule has 0 N–H and O–H groups in total. The molecule has 0 saturated heterocycles. The lowest BCUT2D eigenvalue weighted by atomic mass is 10.0. The fourth-order valence-corrected chi connectivity index (χ4v) is 2.15. The Kier molecular flexibility index (Phi) is 4.34. The van der Waals surface area contributed by atoms with Gasteiger partial charge in [0.05, 0.1) is 18.7 Å². The number of esters is 1. The number of nitrogens with zero attached hydrogens (tertiary/aromatic N) is 2. The molecule has 19 heavy (non-hydrogen) atoms. The van der Waals surface area contributed by atoms with Crippen LogP contribution in [-0.2, 0) is 4.74 Å². The van der Waals surface area contributed by atoms with E-state index in [0.717, 1.165) is 18.4 Å². The molecule has 4 nitrogen and oxygen atoms in total. The maximum atomic E-state index is 11.4. The van der Waals surface area contributed by atoms with Crippen LogP contribution < -0.4 is 0 Å². The molecule has 0 amide bonds. The zero-order chi connectivity index (χ0) is 13.7. The number of carbonyl (C=O) groups excluding carboxylic acids is 1. The summed E-state index contributed by atoms with van der Waals surface area (Å²) in [5, 5.41) is 4.31. The normalized spacial score (nSPS) is 12.1. The highest BCUT2D eigenvalue weighted by Crippen LogP contribution is 2.23. The predicted octanol–water partition coefficient (Wildman–Crippen LogP) is 3.06. The molecular formula is C15H18N2O2. The predicted molar refractivity (Wildman–Crippen MR) is 73.1 cm³/mol. The second-order valence-electron chi connectivity index (χ2n) is 4.40. The minimum atomic E-state index is -0.308. The minimum absolute atomic E-state index is 0.215. The number of ether oxygens (including phenoxy) is 1. The Balaban J connectivity index is 2.25. The molecule has 1 atom stereocenters. The molecule has 1 aromatic heterocycles. The smallest absolute Gasteiger partial charge is 0.337 e. The van der Waals surface area contributed by atoms with Crippen molar-refractivity contribution < 1.29 is 9.53 Å². The molecule has 1 unspecified atom stereocenters. The maximum Gasteiger partial charge on any atom is 0.337 e. The molecule has 0 aliphatic carbocycles. The molecule has 0 aliphatic heterocycles. The summed E-state index contributed by atoms with van der Waals surface area (Å²) >= 11 is 0. The van der Waals surface area contributed by atoms with Gasteiger partial charge >= 0.3 is 5.97 Å². The van der Waals surface area contributed by atoms with E-state index in [1.54, 1.807) is 18.3 Å². The lowest BCUT2D eigenvalue weighted by molar-refractivity contribution is 0.0600. The van der Waals surface area contributed by atoms with E-state index in [9.17, 15) is 4.79 Å². The van der Waals surface area contributed by atoms with Crippen LogP contribution in [0.15, 0.2) is 42.7 Å². The lowest BCUT2D eigenvalue weighted by Crippen LogP contribution is -2.11. The van der Waals surface area contributed by atoms with Gasteiger partial charge in [0.15, 0.2) is 0 Å². The topological polar surface area (TPSA) is 44.1 Å². The average Bonchev–Trinajstić information content (AvgIpc) is 2.98. The standard InChI is InChI=1S/C15H18N2O2/c1-3-5-14(17-11-4-10-16-17)12-6-8-13(9-7-12)15(18)19-2/h4,6-11,14H,3,5H2,1-2H3. The number of aromatic nitrogens is 2. The van der Waals surface area contributed by atoms with Gasteiger partial charge in [-0.15, -0.1) is 0 Å². The van der Waals surface area contributed by atoms with Crippen molar-refractivity contribution in [2.24, 2.45) is 0 Å². The van der Waals surface area contributed by atoms with Crippen molar-refractivity contribution in [2.75, 3.05) is 7.11 Å². The summed E-state index contributed by atoms with van der Waals surface area (Å²) in [4.78, 5) is 11.4. The Bertz CT molecular complexity index is 518. The van der Waals surface area contributed by atoms with Crippen molar-refractivity contribution >= 4 is 5.97 Å². The van der Waals surface area contributed by atoms with Crippen LogP contribution in [0.5, 0.6) is 0 Å². The largest absolute Gasteiger partial charge is 0.465 e. The van der Waals surface area contributed by atoms with Crippen LogP contribution in [0, 0.1) is 0 Å². The van der Waals surface area contributed by atoms with Crippen molar-refractivity contribution in [3.8, 4) is 0 Å². The SMILES string of the molecule is CCCC(c1ccc(C(=O)OC)cc1)n1cccn1. The third-order valence-electron chi connectivity index (χ3n) is 3.12. The lowest BCUT2D eigenvalue weighted by Gasteiger charge is -2.17. The Morgan fingerprint density at radius 2 is 2.11 bits per heavy atom. The summed E-state index contributed by atoms with van der Waals surface area (Å²) in [7, 11) is 1.39. The summed E-state index contributed by atoms with van der Waals surface area (Å²) in [5.74, 6) is -0.308. The monoisotopic (exact) mass is 258 g/mol. The van der Waals surface area contributed by atoms with Gasteiger partial charge in [0.25, 0.3) is 0 Å². The molecule has 0 radical (unpaired) electrons. The first-order valence-corrected chi connectivity index (χ1v) is 6.43. The molecule has 2 aromatic rings. The van der Waals surface area contributed by atoms with Crippen molar-refractivity contribution in [3.05, 3.63) is 53.9 Å². The summed E-state index contributed by atoms with van der Waals surface area (Å²) in [6.45, 7) is 2.15. The van der Waals surface area contributed by atoms with Gasteiger partial charge in [-0.1, -0.05) is 25.5 Å². The van der Waals surface area contributed by atoms with E-state index in [0.29, 0.717) is 5.56 Å². The van der Waals surface area contributed by atoms with E-state index in [1.165, 1.54) is 7.11 Å². The Labute approximate surface area is 113 Å². The van der Waals surface area contributed by atoms with E-state index in [4.69, 9.17) is 4.74 Å². The van der Waals surface area contributed by atoms with Crippen LogP contribution in [0.2, 0.25) is 0 Å². The first-order chi connectivity index (χ1) is 9.26. The summed E-state index contributed by atoms with van der Waals surface area (Å²) in [6, 6.07) is 9.67. The van der Waals surface area contributed by atoms with Crippen molar-refractivity contribution in [3.63, 3.8) is 0 Å². The number of hydrogen-bond donors (Lipinski definition) is 0. The third-order valence-corrected chi connectivity index (χ3v) is 3.12. The van der Waals surface area contributed by atoms with E-state index < -0.39 is 0 Å². The molecule has 2 rings (SSSR count). The Hall–Kier alpha value is -2.10. The number of methoxy groups -OCH3 is 1. The summed E-state index contributed by atoms with van der Waals surface area (Å²) in [5.41, 5.74) is 1.72. The van der Waals surface area contributed by atoms with E-state index in [2.05, 4.69) is 12.0 Å². The summed E-state index contributed by atoms with van der Waals surface area (Å²) < 4.78 is 6.65. The summed E-state index contributed by atoms with van der Waals surface area (Å²) in [6.07, 6.45) is 5.84. The number of hydrogen-bond acceptors (Lipinski definition) is 3. The van der Waals surface area contributed by atoms with Crippen LogP contribution in [0.1, 0.15) is 41.7 Å². The van der Waals surface area contributed by atoms with Gasteiger partial charge in [-0.25, -0.2) is 4.79 Å². The minimum Gasteiger partial charge on any atom is -0.465 e. The molecule has 0 aliphatic rings. The highest BCUT2D eigenvalue weighted by atomic mass is 16.5. The Morgan fingerprint density at radius 1 is 1.37 bits per heavy atom. The van der Waals surface area contributed by atoms with Gasteiger partial charge in [-0.2, -0.15) is 5.10 Å². The van der Waals surface area contributed by atoms with Gasteiger partial charge in [0, 0.05) is 12.4 Å². The van der Waals surface area contributed by atoms with Gasteiger partial charge in [0.2, 0.25) is 0 Å². The first-order valence-electron chi connectivity index (χ1n) is 6.43. The highest BCUT2D eigenvalue weighted by molar-refractivity contribution is 5.89. The van der Waals surface area contributed by atoms with Gasteiger partial charge in [0.1, 0.15) is 0 Å². The molecule has 100 valence electrons. The van der Waals surface area contributed by atoms with Crippen LogP contribution in [0.4, 0.5) is 0 Å². The zero-order valence-electron chi connectivity index (χ0n) is 11.2. The van der Waals surface area contributed by atoms with Crippen LogP contribution in [0.25, 0.3) is 0 Å². The fraction of sp³-hybridized carbons (Fsp3) is 0.333. The average molecular weight is 258 g/mol. The molecule has 0 bridgehead atoms. The van der Waals surface area contributed by atoms with Crippen molar-refractivity contribution in [2.45, 2.75) is 25.8 Å². The van der Waals surface area contributed by atoms with Crippen molar-refractivity contribution in [1.82, 2.24) is 9.78 Å². The molecule has 4 heteroatoms. The molecule has 0 spiro atoms. The van der Waals surface area contributed by atoms with Gasteiger partial charge in [-0.05, 0) is 30.2 Å². The van der Waals surface area contributed by atoms with Crippen LogP contribution in [0.3, 0.4) is 0 Å². The molecule has 1 heterocycles. The highest BCUT2D eigenvalue weighted by Gasteiger charge is 2.14. The van der Waals surface area contributed by atoms with Crippen molar-refractivity contribution in [1.29, 1.82) is 0 Å².